The van der Waals surface area contributed by atoms with Gasteiger partial charge in [-0.25, -0.2) is 0 Å². The maximum atomic E-state index is 12.3. The van der Waals surface area contributed by atoms with Gasteiger partial charge in [0.1, 0.15) is 0 Å². The first kappa shape index (κ1) is 14.4. The molecule has 0 aliphatic carbocycles. The number of hydrogen-bond donors (Lipinski definition) is 3. The zero-order chi connectivity index (χ0) is 14.8. The maximum absolute atomic E-state index is 12.3. The van der Waals surface area contributed by atoms with Crippen LogP contribution >= 0.6 is 0 Å². The van der Waals surface area contributed by atoms with Gasteiger partial charge in [0.15, 0.2) is 0 Å². The Labute approximate surface area is 117 Å². The highest BCUT2D eigenvalue weighted by Crippen LogP contribution is 2.18. The first-order valence-electron chi connectivity index (χ1n) is 6.40. The van der Waals surface area contributed by atoms with Crippen LogP contribution in [0, 0.1) is 6.92 Å². The molecule has 1 heterocycles. The number of aromatic nitrogens is 1. The topological polar surface area (TPSA) is 82.5 Å². The van der Waals surface area contributed by atoms with E-state index in [4.69, 9.17) is 0 Å². The second kappa shape index (κ2) is 5.56. The van der Waals surface area contributed by atoms with Gasteiger partial charge in [-0.2, -0.15) is 0 Å². The van der Waals surface area contributed by atoms with Crippen molar-refractivity contribution in [1.82, 2.24) is 10.3 Å². The molecule has 0 aliphatic heterocycles. The quantitative estimate of drug-likeness (QED) is 0.777. The first-order chi connectivity index (χ1) is 9.49. The van der Waals surface area contributed by atoms with E-state index in [1.807, 2.05) is 25.1 Å². The average Bonchev–Trinajstić information content (AvgIpc) is 2.46. The predicted octanol–water partition coefficient (Wildman–Crippen LogP) is 1.02. The number of pyridine rings is 1. The van der Waals surface area contributed by atoms with E-state index in [9.17, 15) is 15.0 Å². The summed E-state index contributed by atoms with van der Waals surface area (Å²) in [5.41, 5.74) is 0.815. The van der Waals surface area contributed by atoms with Gasteiger partial charge >= 0.3 is 0 Å². The minimum absolute atomic E-state index is 0.341. The van der Waals surface area contributed by atoms with Crippen LogP contribution in [0.4, 0.5) is 0 Å². The molecule has 0 fully saturated rings. The number of benzene rings is 1. The van der Waals surface area contributed by atoms with Crippen LogP contribution in [0.3, 0.4) is 0 Å². The summed E-state index contributed by atoms with van der Waals surface area (Å²) in [6, 6.07) is 9.14. The number of fused-ring (bicyclic) bond motifs is 1. The Morgan fingerprint density at radius 1 is 1.25 bits per heavy atom. The van der Waals surface area contributed by atoms with Gasteiger partial charge in [-0.15, -0.1) is 0 Å². The molecule has 1 aromatic heterocycles. The fourth-order valence-electron chi connectivity index (χ4n) is 1.90. The fraction of sp³-hybridized carbons (Fsp3) is 0.333. The molecule has 0 unspecified atom stereocenters. The van der Waals surface area contributed by atoms with Crippen LogP contribution in [0.25, 0.3) is 10.9 Å². The van der Waals surface area contributed by atoms with Crippen molar-refractivity contribution in [2.45, 2.75) is 19.4 Å². The Morgan fingerprint density at radius 3 is 2.60 bits per heavy atom. The molecule has 2 rings (SSSR count). The van der Waals surface area contributed by atoms with Crippen molar-refractivity contribution < 1.29 is 15.0 Å². The summed E-state index contributed by atoms with van der Waals surface area (Å²) in [4.78, 5) is 16.7. The minimum atomic E-state index is -1.05. The molecule has 0 bridgehead atoms. The van der Waals surface area contributed by atoms with E-state index in [0.717, 1.165) is 11.1 Å². The van der Waals surface area contributed by atoms with E-state index in [1.165, 1.54) is 0 Å². The second-order valence-corrected chi connectivity index (χ2v) is 5.16. The van der Waals surface area contributed by atoms with E-state index in [2.05, 4.69) is 10.3 Å². The van der Waals surface area contributed by atoms with Gasteiger partial charge in [-0.3, -0.25) is 9.78 Å². The molecule has 0 saturated carbocycles. The van der Waals surface area contributed by atoms with Crippen LogP contribution < -0.4 is 5.32 Å². The molecule has 0 aliphatic rings. The highest BCUT2D eigenvalue weighted by atomic mass is 16.3. The Bertz CT molecular complexity index is 636. The summed E-state index contributed by atoms with van der Waals surface area (Å²) in [6.45, 7) is 2.76. The van der Waals surface area contributed by atoms with Gasteiger partial charge < -0.3 is 15.5 Å². The van der Waals surface area contributed by atoms with Crippen molar-refractivity contribution in [2.75, 3.05) is 13.2 Å². The van der Waals surface area contributed by atoms with Crippen molar-refractivity contribution in [1.29, 1.82) is 0 Å². The SMILES string of the molecule is Cc1ccc2cccc(C(=O)NC(C)(CO)CO)c2n1. The molecule has 0 atom stereocenters. The number of nitrogens with one attached hydrogen (secondary N) is 1. The molecule has 2 aromatic rings. The predicted molar refractivity (Wildman–Crippen MR) is 76.5 cm³/mol. The lowest BCUT2D eigenvalue weighted by Crippen LogP contribution is -2.51. The molecular formula is C15H18N2O3. The number of aliphatic hydroxyl groups excluding tert-OH is 2. The number of aryl methyl sites for hydroxylation is 1. The summed E-state index contributed by atoms with van der Waals surface area (Å²) >= 11 is 0. The van der Waals surface area contributed by atoms with E-state index in [0.29, 0.717) is 11.1 Å². The number of carbonyl (C=O) groups is 1. The number of hydrogen-bond acceptors (Lipinski definition) is 4. The monoisotopic (exact) mass is 274 g/mol. The van der Waals surface area contributed by atoms with Crippen LogP contribution in [-0.2, 0) is 0 Å². The third-order valence-electron chi connectivity index (χ3n) is 3.22. The number of amides is 1. The van der Waals surface area contributed by atoms with Gasteiger partial charge in [0.05, 0.1) is 29.8 Å². The molecule has 0 spiro atoms. The summed E-state index contributed by atoms with van der Waals surface area (Å²) in [5.74, 6) is -0.362. The van der Waals surface area contributed by atoms with E-state index >= 15 is 0 Å². The first-order valence-corrected chi connectivity index (χ1v) is 6.40. The molecule has 0 radical (unpaired) electrons. The number of carbonyl (C=O) groups excluding carboxylic acids is 1. The van der Waals surface area contributed by atoms with Gasteiger partial charge in [-0.05, 0) is 26.0 Å². The van der Waals surface area contributed by atoms with E-state index in [-0.39, 0.29) is 19.1 Å². The number of aliphatic hydroxyl groups is 2. The minimum Gasteiger partial charge on any atom is -0.394 e. The van der Waals surface area contributed by atoms with Gasteiger partial charge in [0.2, 0.25) is 0 Å². The summed E-state index contributed by atoms with van der Waals surface area (Å²) in [5, 5.41) is 22.0. The van der Waals surface area contributed by atoms with Gasteiger partial charge in [0.25, 0.3) is 5.91 Å². The zero-order valence-electron chi connectivity index (χ0n) is 11.6. The lowest BCUT2D eigenvalue weighted by molar-refractivity contribution is 0.0725. The van der Waals surface area contributed by atoms with Crippen molar-refractivity contribution in [3.05, 3.63) is 41.6 Å². The molecule has 5 nitrogen and oxygen atoms in total. The normalized spacial score (nSPS) is 11.6. The van der Waals surface area contributed by atoms with E-state index < -0.39 is 5.54 Å². The third kappa shape index (κ3) is 2.79. The molecule has 1 amide bonds. The third-order valence-corrected chi connectivity index (χ3v) is 3.22. The highest BCUT2D eigenvalue weighted by Gasteiger charge is 2.26. The lowest BCUT2D eigenvalue weighted by atomic mass is 10.0. The second-order valence-electron chi connectivity index (χ2n) is 5.16. The average molecular weight is 274 g/mol. The van der Waals surface area contributed by atoms with Crippen LogP contribution in [0.15, 0.2) is 30.3 Å². The number of para-hydroxylation sites is 1. The molecule has 5 heteroatoms. The molecule has 106 valence electrons. The Balaban J connectivity index is 2.42. The molecule has 1 aromatic carbocycles. The summed E-state index contributed by atoms with van der Waals surface area (Å²) in [6.07, 6.45) is 0. The largest absolute Gasteiger partial charge is 0.394 e. The van der Waals surface area contributed by atoms with Crippen molar-refractivity contribution in [3.63, 3.8) is 0 Å². The molecule has 3 N–H and O–H groups in total. The molecule has 0 saturated heterocycles. The highest BCUT2D eigenvalue weighted by molar-refractivity contribution is 6.05. The number of nitrogens with zero attached hydrogens (tertiary/aromatic N) is 1. The molecular weight excluding hydrogens is 256 g/mol. The zero-order valence-corrected chi connectivity index (χ0v) is 11.6. The summed E-state index contributed by atoms with van der Waals surface area (Å²) in [7, 11) is 0. The Hall–Kier alpha value is -1.98. The van der Waals surface area contributed by atoms with Crippen molar-refractivity contribution in [3.8, 4) is 0 Å². The van der Waals surface area contributed by atoms with Crippen LogP contribution in [0.2, 0.25) is 0 Å². The fourth-order valence-corrected chi connectivity index (χ4v) is 1.90. The van der Waals surface area contributed by atoms with Crippen LogP contribution in [0.5, 0.6) is 0 Å². The van der Waals surface area contributed by atoms with Crippen molar-refractivity contribution in [2.24, 2.45) is 0 Å². The summed E-state index contributed by atoms with van der Waals surface area (Å²) < 4.78 is 0. The van der Waals surface area contributed by atoms with Gasteiger partial charge in [0, 0.05) is 11.1 Å². The molecule has 20 heavy (non-hydrogen) atoms. The van der Waals surface area contributed by atoms with E-state index in [1.54, 1.807) is 19.1 Å². The standard InChI is InChI=1S/C15H18N2O3/c1-10-6-7-11-4-3-5-12(13(11)16-10)14(20)17-15(2,8-18)9-19/h3-7,18-19H,8-9H2,1-2H3,(H,17,20). The van der Waals surface area contributed by atoms with Crippen LogP contribution in [-0.4, -0.2) is 39.9 Å². The van der Waals surface area contributed by atoms with Crippen molar-refractivity contribution >= 4 is 16.8 Å². The smallest absolute Gasteiger partial charge is 0.254 e. The van der Waals surface area contributed by atoms with Gasteiger partial charge in [-0.1, -0.05) is 18.2 Å². The Morgan fingerprint density at radius 2 is 1.95 bits per heavy atom. The van der Waals surface area contributed by atoms with Crippen LogP contribution in [0.1, 0.15) is 23.0 Å². The maximum Gasteiger partial charge on any atom is 0.254 e. The lowest BCUT2D eigenvalue weighted by Gasteiger charge is -2.26. The Kier molecular flexibility index (Phi) is 4.01. The number of rotatable bonds is 4.